The highest BCUT2D eigenvalue weighted by Gasteiger charge is 2.27. The molecule has 1 atom stereocenters. The average Bonchev–Trinajstić information content (AvgIpc) is 2.98. The monoisotopic (exact) mass is 210 g/mol. The van der Waals surface area contributed by atoms with Gasteiger partial charge in [0, 0.05) is 19.5 Å². The van der Waals surface area contributed by atoms with Crippen LogP contribution in [0.1, 0.15) is 25.7 Å². The van der Waals surface area contributed by atoms with E-state index in [2.05, 4.69) is 22.4 Å². The standard InChI is InChI=1S/C10H18N4O/c1-7(8-2-3-8)6-12-10-14-13-9(15-10)4-5-11/h7-8H,2-6,11H2,1H3,(H,12,14). The quantitative estimate of drug-likeness (QED) is 0.733. The number of nitrogens with two attached hydrogens (primary N) is 1. The van der Waals surface area contributed by atoms with Gasteiger partial charge in [0.05, 0.1) is 0 Å². The van der Waals surface area contributed by atoms with E-state index in [9.17, 15) is 0 Å². The number of anilines is 1. The zero-order chi connectivity index (χ0) is 10.7. The molecule has 1 saturated carbocycles. The maximum absolute atomic E-state index is 5.39. The molecule has 1 aliphatic carbocycles. The van der Waals surface area contributed by atoms with Crippen molar-refractivity contribution in [2.45, 2.75) is 26.2 Å². The fourth-order valence-electron chi connectivity index (χ4n) is 1.63. The molecule has 84 valence electrons. The Morgan fingerprint density at radius 3 is 3.00 bits per heavy atom. The highest BCUT2D eigenvalue weighted by Crippen LogP contribution is 2.36. The average molecular weight is 210 g/mol. The lowest BCUT2D eigenvalue weighted by molar-refractivity contribution is 0.488. The van der Waals surface area contributed by atoms with Gasteiger partial charge in [-0.15, -0.1) is 5.10 Å². The number of hydrogen-bond acceptors (Lipinski definition) is 5. The minimum atomic E-state index is 0.519. The number of aromatic nitrogens is 2. The molecular weight excluding hydrogens is 192 g/mol. The molecule has 15 heavy (non-hydrogen) atoms. The molecule has 0 aliphatic heterocycles. The Kier molecular flexibility index (Phi) is 3.20. The third-order valence-corrected chi connectivity index (χ3v) is 2.83. The van der Waals surface area contributed by atoms with E-state index in [-0.39, 0.29) is 0 Å². The summed E-state index contributed by atoms with van der Waals surface area (Å²) in [4.78, 5) is 0. The van der Waals surface area contributed by atoms with Gasteiger partial charge in [-0.05, 0) is 24.7 Å². The van der Waals surface area contributed by atoms with Crippen molar-refractivity contribution >= 4 is 6.01 Å². The molecule has 1 unspecified atom stereocenters. The van der Waals surface area contributed by atoms with Gasteiger partial charge in [0.25, 0.3) is 0 Å². The van der Waals surface area contributed by atoms with E-state index in [1.807, 2.05) is 0 Å². The molecule has 1 heterocycles. The zero-order valence-corrected chi connectivity index (χ0v) is 9.07. The maximum Gasteiger partial charge on any atom is 0.315 e. The molecule has 0 bridgehead atoms. The fraction of sp³-hybridized carbons (Fsp3) is 0.800. The lowest BCUT2D eigenvalue weighted by atomic mass is 10.1. The first-order valence-corrected chi connectivity index (χ1v) is 5.56. The molecule has 1 aliphatic rings. The number of hydrogen-bond donors (Lipinski definition) is 2. The predicted molar refractivity (Wildman–Crippen MR) is 57.4 cm³/mol. The van der Waals surface area contributed by atoms with Crippen LogP contribution in [-0.4, -0.2) is 23.3 Å². The van der Waals surface area contributed by atoms with Crippen molar-refractivity contribution in [2.75, 3.05) is 18.4 Å². The van der Waals surface area contributed by atoms with Crippen LogP contribution in [-0.2, 0) is 6.42 Å². The molecule has 1 aromatic heterocycles. The summed E-state index contributed by atoms with van der Waals surface area (Å²) >= 11 is 0. The topological polar surface area (TPSA) is 77.0 Å². The Hall–Kier alpha value is -1.10. The van der Waals surface area contributed by atoms with Crippen LogP contribution in [0.15, 0.2) is 4.42 Å². The number of nitrogens with one attached hydrogen (secondary N) is 1. The highest BCUT2D eigenvalue weighted by molar-refractivity contribution is 5.17. The summed E-state index contributed by atoms with van der Waals surface area (Å²) in [5.41, 5.74) is 5.39. The van der Waals surface area contributed by atoms with Gasteiger partial charge in [-0.1, -0.05) is 12.0 Å². The van der Waals surface area contributed by atoms with Gasteiger partial charge in [0.15, 0.2) is 0 Å². The van der Waals surface area contributed by atoms with Crippen LogP contribution < -0.4 is 11.1 Å². The molecule has 3 N–H and O–H groups in total. The first-order valence-electron chi connectivity index (χ1n) is 5.56. The second-order valence-electron chi connectivity index (χ2n) is 4.24. The lowest BCUT2D eigenvalue weighted by Gasteiger charge is -2.08. The minimum absolute atomic E-state index is 0.519. The molecule has 1 aromatic rings. The third-order valence-electron chi connectivity index (χ3n) is 2.83. The highest BCUT2D eigenvalue weighted by atomic mass is 16.4. The van der Waals surface area contributed by atoms with E-state index in [0.717, 1.165) is 12.5 Å². The summed E-state index contributed by atoms with van der Waals surface area (Å²) in [7, 11) is 0. The van der Waals surface area contributed by atoms with Crippen LogP contribution in [0.3, 0.4) is 0 Å². The van der Waals surface area contributed by atoms with Crippen LogP contribution in [0.25, 0.3) is 0 Å². The molecular formula is C10H18N4O. The second-order valence-corrected chi connectivity index (χ2v) is 4.24. The fourth-order valence-corrected chi connectivity index (χ4v) is 1.63. The van der Waals surface area contributed by atoms with Crippen molar-refractivity contribution in [2.24, 2.45) is 17.6 Å². The van der Waals surface area contributed by atoms with Crippen LogP contribution >= 0.6 is 0 Å². The zero-order valence-electron chi connectivity index (χ0n) is 9.07. The smallest absolute Gasteiger partial charge is 0.315 e. The van der Waals surface area contributed by atoms with Gasteiger partial charge in [-0.3, -0.25) is 0 Å². The summed E-state index contributed by atoms with van der Waals surface area (Å²) in [5.74, 6) is 2.19. The van der Waals surface area contributed by atoms with Crippen molar-refractivity contribution in [3.05, 3.63) is 5.89 Å². The van der Waals surface area contributed by atoms with Crippen molar-refractivity contribution < 1.29 is 4.42 Å². The van der Waals surface area contributed by atoms with Gasteiger partial charge >= 0.3 is 6.01 Å². The van der Waals surface area contributed by atoms with Gasteiger partial charge in [-0.25, -0.2) is 0 Å². The van der Waals surface area contributed by atoms with Crippen LogP contribution in [0.2, 0.25) is 0 Å². The van der Waals surface area contributed by atoms with Crippen molar-refractivity contribution in [3.63, 3.8) is 0 Å². The molecule has 0 aromatic carbocycles. The molecule has 2 rings (SSSR count). The second kappa shape index (κ2) is 4.61. The van der Waals surface area contributed by atoms with Crippen LogP contribution in [0.4, 0.5) is 6.01 Å². The van der Waals surface area contributed by atoms with Gasteiger partial charge in [-0.2, -0.15) is 0 Å². The molecule has 1 fully saturated rings. The van der Waals surface area contributed by atoms with E-state index in [4.69, 9.17) is 10.2 Å². The summed E-state index contributed by atoms with van der Waals surface area (Å²) < 4.78 is 5.36. The Bertz CT molecular complexity index is 308. The van der Waals surface area contributed by atoms with Gasteiger partial charge in [0.1, 0.15) is 0 Å². The third kappa shape index (κ3) is 2.92. The minimum Gasteiger partial charge on any atom is -0.408 e. The van der Waals surface area contributed by atoms with E-state index in [1.165, 1.54) is 12.8 Å². The van der Waals surface area contributed by atoms with E-state index >= 15 is 0 Å². The van der Waals surface area contributed by atoms with Crippen LogP contribution in [0, 0.1) is 11.8 Å². The molecule has 0 saturated heterocycles. The van der Waals surface area contributed by atoms with Crippen molar-refractivity contribution in [1.29, 1.82) is 0 Å². The van der Waals surface area contributed by atoms with E-state index in [0.29, 0.717) is 30.8 Å². The first kappa shape index (κ1) is 10.4. The largest absolute Gasteiger partial charge is 0.408 e. The molecule has 5 heteroatoms. The maximum atomic E-state index is 5.39. The summed E-state index contributed by atoms with van der Waals surface area (Å²) in [6.45, 7) is 3.71. The SMILES string of the molecule is CC(CNc1nnc(CCN)o1)C1CC1. The number of nitrogens with zero attached hydrogens (tertiary/aromatic N) is 2. The van der Waals surface area contributed by atoms with Crippen molar-refractivity contribution in [1.82, 2.24) is 10.2 Å². The Morgan fingerprint density at radius 2 is 2.33 bits per heavy atom. The predicted octanol–water partition coefficient (Wildman–Crippen LogP) is 1.03. The first-order chi connectivity index (χ1) is 7.29. The Labute approximate surface area is 89.4 Å². The summed E-state index contributed by atoms with van der Waals surface area (Å²) in [5, 5.41) is 11.0. The summed E-state index contributed by atoms with van der Waals surface area (Å²) in [6.07, 6.45) is 3.38. The molecule has 0 amide bonds. The molecule has 0 spiro atoms. The molecule has 0 radical (unpaired) electrons. The van der Waals surface area contributed by atoms with Crippen LogP contribution in [0.5, 0.6) is 0 Å². The normalized spacial score (nSPS) is 17.7. The van der Waals surface area contributed by atoms with Gasteiger partial charge in [0.2, 0.25) is 5.89 Å². The Balaban J connectivity index is 1.76. The number of rotatable bonds is 6. The molecule has 5 nitrogen and oxygen atoms in total. The van der Waals surface area contributed by atoms with Gasteiger partial charge < -0.3 is 15.5 Å². The van der Waals surface area contributed by atoms with Crippen molar-refractivity contribution in [3.8, 4) is 0 Å². The Morgan fingerprint density at radius 1 is 1.53 bits per heavy atom. The summed E-state index contributed by atoms with van der Waals surface area (Å²) in [6, 6.07) is 0.519. The lowest BCUT2D eigenvalue weighted by Crippen LogP contribution is -2.12. The van der Waals surface area contributed by atoms with E-state index < -0.39 is 0 Å². The van der Waals surface area contributed by atoms with E-state index in [1.54, 1.807) is 0 Å².